The zero-order valence-electron chi connectivity index (χ0n) is 10.4. The van der Waals surface area contributed by atoms with Crippen molar-refractivity contribution in [1.29, 1.82) is 0 Å². The quantitative estimate of drug-likeness (QED) is 0.931. The first-order valence-corrected chi connectivity index (χ1v) is 7.13. The van der Waals surface area contributed by atoms with E-state index >= 15 is 0 Å². The molecular weight excluding hydrogens is 302 g/mol. The first-order valence-electron chi connectivity index (χ1n) is 6.34. The predicted molar refractivity (Wildman–Crippen MR) is 79.1 cm³/mol. The molecule has 0 spiro atoms. The molecule has 1 aliphatic rings. The van der Waals surface area contributed by atoms with Crippen LogP contribution in [0.4, 0.5) is 0 Å². The van der Waals surface area contributed by atoms with Gasteiger partial charge in [0, 0.05) is 29.0 Å². The Bertz CT molecular complexity index is 609. The van der Waals surface area contributed by atoms with E-state index in [4.69, 9.17) is 0 Å². The second kappa shape index (κ2) is 5.27. The standard InChI is InChI=1S/C16H14BrNO/c17-12-6-7-13-14(8-12)15(9-16(13)19)18-10-11-4-2-1-3-5-11/h1-8,15,18H,9-10H2. The fourth-order valence-corrected chi connectivity index (χ4v) is 2.88. The van der Waals surface area contributed by atoms with Crippen LogP contribution >= 0.6 is 15.9 Å². The average molecular weight is 316 g/mol. The van der Waals surface area contributed by atoms with Gasteiger partial charge in [-0.1, -0.05) is 46.3 Å². The number of carbonyl (C=O) groups is 1. The third-order valence-electron chi connectivity index (χ3n) is 3.47. The molecular formula is C16H14BrNO. The maximum Gasteiger partial charge on any atom is 0.165 e. The van der Waals surface area contributed by atoms with Crippen LogP contribution in [0.25, 0.3) is 0 Å². The topological polar surface area (TPSA) is 29.1 Å². The Morgan fingerprint density at radius 1 is 1.16 bits per heavy atom. The molecule has 0 radical (unpaired) electrons. The molecule has 96 valence electrons. The SMILES string of the molecule is O=C1CC(NCc2ccccc2)c2cc(Br)ccc21. The van der Waals surface area contributed by atoms with E-state index in [1.807, 2.05) is 36.4 Å². The number of fused-ring (bicyclic) bond motifs is 1. The first kappa shape index (κ1) is 12.6. The normalized spacial score (nSPS) is 17.5. The number of ketones is 1. The van der Waals surface area contributed by atoms with E-state index < -0.39 is 0 Å². The monoisotopic (exact) mass is 315 g/mol. The number of rotatable bonds is 3. The third-order valence-corrected chi connectivity index (χ3v) is 3.97. The summed E-state index contributed by atoms with van der Waals surface area (Å²) in [6.07, 6.45) is 0.554. The highest BCUT2D eigenvalue weighted by Crippen LogP contribution is 2.33. The van der Waals surface area contributed by atoms with E-state index in [0.717, 1.165) is 22.1 Å². The summed E-state index contributed by atoms with van der Waals surface area (Å²) in [5.74, 6) is 0.230. The zero-order chi connectivity index (χ0) is 13.2. The van der Waals surface area contributed by atoms with Crippen molar-refractivity contribution in [2.75, 3.05) is 0 Å². The van der Waals surface area contributed by atoms with Crippen LogP contribution in [0.5, 0.6) is 0 Å². The fraction of sp³-hybridized carbons (Fsp3) is 0.188. The highest BCUT2D eigenvalue weighted by atomic mass is 79.9. The molecule has 0 amide bonds. The van der Waals surface area contributed by atoms with Gasteiger partial charge in [-0.25, -0.2) is 0 Å². The van der Waals surface area contributed by atoms with Gasteiger partial charge < -0.3 is 5.32 Å². The summed E-state index contributed by atoms with van der Waals surface area (Å²) >= 11 is 3.47. The molecule has 0 aliphatic heterocycles. The maximum atomic E-state index is 11.9. The highest BCUT2D eigenvalue weighted by Gasteiger charge is 2.28. The van der Waals surface area contributed by atoms with Gasteiger partial charge in [0.05, 0.1) is 0 Å². The Labute approximate surface area is 121 Å². The lowest BCUT2D eigenvalue weighted by molar-refractivity contribution is 0.0985. The van der Waals surface area contributed by atoms with Crippen molar-refractivity contribution in [1.82, 2.24) is 5.32 Å². The van der Waals surface area contributed by atoms with Crippen molar-refractivity contribution in [2.24, 2.45) is 0 Å². The minimum absolute atomic E-state index is 0.125. The second-order valence-corrected chi connectivity index (χ2v) is 5.69. The van der Waals surface area contributed by atoms with E-state index in [1.54, 1.807) is 0 Å². The van der Waals surface area contributed by atoms with Crippen molar-refractivity contribution in [2.45, 2.75) is 19.0 Å². The van der Waals surface area contributed by atoms with Crippen molar-refractivity contribution < 1.29 is 4.79 Å². The molecule has 1 aliphatic carbocycles. The van der Waals surface area contributed by atoms with Crippen molar-refractivity contribution in [3.05, 3.63) is 69.7 Å². The van der Waals surface area contributed by atoms with Gasteiger partial charge in [0.25, 0.3) is 0 Å². The number of hydrogen-bond acceptors (Lipinski definition) is 2. The second-order valence-electron chi connectivity index (χ2n) is 4.78. The number of halogens is 1. The van der Waals surface area contributed by atoms with Crippen molar-refractivity contribution in [3.63, 3.8) is 0 Å². The third kappa shape index (κ3) is 2.62. The number of Topliss-reactive ketones (excluding diaryl/α,β-unsaturated/α-hetero) is 1. The molecule has 1 atom stereocenters. The van der Waals surface area contributed by atoms with Gasteiger partial charge in [0.15, 0.2) is 5.78 Å². The molecule has 2 aromatic carbocycles. The van der Waals surface area contributed by atoms with E-state index in [0.29, 0.717) is 6.42 Å². The summed E-state index contributed by atoms with van der Waals surface area (Å²) in [6, 6.07) is 16.3. The van der Waals surface area contributed by atoms with Crippen LogP contribution in [0.3, 0.4) is 0 Å². The zero-order valence-corrected chi connectivity index (χ0v) is 12.0. The molecule has 0 aromatic heterocycles. The highest BCUT2D eigenvalue weighted by molar-refractivity contribution is 9.10. The summed E-state index contributed by atoms with van der Waals surface area (Å²) in [5, 5.41) is 3.47. The molecule has 3 rings (SSSR count). The lowest BCUT2D eigenvalue weighted by atomic mass is 10.1. The molecule has 2 nitrogen and oxygen atoms in total. The molecule has 0 saturated carbocycles. The Hall–Kier alpha value is -1.45. The lowest BCUT2D eigenvalue weighted by Gasteiger charge is -2.13. The molecule has 0 fully saturated rings. The van der Waals surface area contributed by atoms with Crippen LogP contribution in [0.2, 0.25) is 0 Å². The molecule has 19 heavy (non-hydrogen) atoms. The summed E-state index contributed by atoms with van der Waals surface area (Å²) in [6.45, 7) is 0.782. The number of nitrogens with one attached hydrogen (secondary N) is 1. The molecule has 0 heterocycles. The average Bonchev–Trinajstić information content (AvgIpc) is 2.74. The van der Waals surface area contributed by atoms with E-state index in [2.05, 4.69) is 33.4 Å². The van der Waals surface area contributed by atoms with Gasteiger partial charge in [0.2, 0.25) is 0 Å². The summed E-state index contributed by atoms with van der Waals surface area (Å²) in [7, 11) is 0. The predicted octanol–water partition coefficient (Wildman–Crippen LogP) is 3.87. The van der Waals surface area contributed by atoms with Crippen LogP contribution in [0, 0.1) is 0 Å². The van der Waals surface area contributed by atoms with Crippen LogP contribution in [-0.2, 0) is 6.54 Å². The van der Waals surface area contributed by atoms with Crippen molar-refractivity contribution in [3.8, 4) is 0 Å². The van der Waals surface area contributed by atoms with Crippen molar-refractivity contribution >= 4 is 21.7 Å². The van der Waals surface area contributed by atoms with Gasteiger partial charge in [-0.2, -0.15) is 0 Å². The van der Waals surface area contributed by atoms with E-state index in [9.17, 15) is 4.79 Å². The molecule has 1 unspecified atom stereocenters. The van der Waals surface area contributed by atoms with Gasteiger partial charge >= 0.3 is 0 Å². The molecule has 3 heteroatoms. The summed E-state index contributed by atoms with van der Waals surface area (Å²) in [4.78, 5) is 11.9. The Balaban J connectivity index is 1.78. The first-order chi connectivity index (χ1) is 9.24. The smallest absolute Gasteiger partial charge is 0.165 e. The maximum absolute atomic E-state index is 11.9. The fourth-order valence-electron chi connectivity index (χ4n) is 2.50. The minimum Gasteiger partial charge on any atom is -0.305 e. The van der Waals surface area contributed by atoms with Gasteiger partial charge in [-0.05, 0) is 29.3 Å². The Morgan fingerprint density at radius 3 is 2.74 bits per heavy atom. The van der Waals surface area contributed by atoms with Gasteiger partial charge in [-0.3, -0.25) is 4.79 Å². The molecule has 1 N–H and O–H groups in total. The van der Waals surface area contributed by atoms with E-state index in [1.165, 1.54) is 5.56 Å². The summed E-state index contributed by atoms with van der Waals surface area (Å²) < 4.78 is 1.02. The Morgan fingerprint density at radius 2 is 1.95 bits per heavy atom. The van der Waals surface area contributed by atoms with Crippen LogP contribution in [0.15, 0.2) is 53.0 Å². The molecule has 2 aromatic rings. The van der Waals surface area contributed by atoms with E-state index in [-0.39, 0.29) is 11.8 Å². The lowest BCUT2D eigenvalue weighted by Crippen LogP contribution is -2.19. The number of carbonyl (C=O) groups excluding carboxylic acids is 1. The van der Waals surface area contributed by atoms with Gasteiger partial charge in [-0.15, -0.1) is 0 Å². The van der Waals surface area contributed by atoms with Crippen LogP contribution < -0.4 is 5.32 Å². The Kier molecular flexibility index (Phi) is 3.49. The summed E-state index contributed by atoms with van der Waals surface area (Å²) in [5.41, 5.74) is 3.20. The largest absolute Gasteiger partial charge is 0.305 e. The minimum atomic E-state index is 0.125. The van der Waals surface area contributed by atoms with Gasteiger partial charge in [0.1, 0.15) is 0 Å². The molecule has 0 bridgehead atoms. The van der Waals surface area contributed by atoms with Crippen LogP contribution in [0.1, 0.15) is 33.9 Å². The molecule has 0 saturated heterocycles. The van der Waals surface area contributed by atoms with Crippen LogP contribution in [-0.4, -0.2) is 5.78 Å². The number of hydrogen-bond donors (Lipinski definition) is 1. The number of benzene rings is 2.